The summed E-state index contributed by atoms with van der Waals surface area (Å²) in [6.07, 6.45) is 4.42. The zero-order chi connectivity index (χ0) is 13.0. The molecule has 1 unspecified atom stereocenters. The van der Waals surface area contributed by atoms with Crippen molar-refractivity contribution in [1.82, 2.24) is 0 Å². The second kappa shape index (κ2) is 6.19. The minimum absolute atomic E-state index is 0.221. The Morgan fingerprint density at radius 3 is 2.72 bits per heavy atom. The molecule has 1 fully saturated rings. The summed E-state index contributed by atoms with van der Waals surface area (Å²) in [6.45, 7) is 3.42. The molecule has 3 heteroatoms. The lowest BCUT2D eigenvalue weighted by atomic mass is 10.0. The molecule has 0 amide bonds. The highest BCUT2D eigenvalue weighted by molar-refractivity contribution is 5.46. The highest BCUT2D eigenvalue weighted by Gasteiger charge is 2.24. The van der Waals surface area contributed by atoms with Crippen LogP contribution in [-0.2, 0) is 0 Å². The number of likely N-dealkylation sites (N-methyl/N-ethyl adjacent to an activating group) is 1. The number of hydrogen-bond acceptors (Lipinski definition) is 2. The lowest BCUT2D eigenvalue weighted by Crippen LogP contribution is -2.36. The summed E-state index contributed by atoms with van der Waals surface area (Å²) >= 11 is 0. The third-order valence-corrected chi connectivity index (χ3v) is 3.91. The van der Waals surface area contributed by atoms with Gasteiger partial charge in [-0.05, 0) is 43.9 Å². The van der Waals surface area contributed by atoms with Crippen LogP contribution >= 0.6 is 0 Å². The Morgan fingerprint density at radius 2 is 2.11 bits per heavy atom. The normalized spacial score (nSPS) is 17.9. The molecule has 0 heterocycles. The van der Waals surface area contributed by atoms with Crippen LogP contribution in [0.3, 0.4) is 0 Å². The van der Waals surface area contributed by atoms with Gasteiger partial charge in [0.15, 0.2) is 0 Å². The van der Waals surface area contributed by atoms with Crippen molar-refractivity contribution in [2.24, 2.45) is 5.92 Å². The molecule has 1 saturated carbocycles. The fourth-order valence-electron chi connectivity index (χ4n) is 2.81. The number of hydrogen-bond donors (Lipinski definition) is 1. The molecule has 0 aliphatic heterocycles. The smallest absolute Gasteiger partial charge is 0.125 e. The van der Waals surface area contributed by atoms with Crippen LogP contribution in [0.15, 0.2) is 24.3 Å². The van der Waals surface area contributed by atoms with Crippen LogP contribution in [0.1, 0.15) is 32.6 Å². The molecule has 2 nitrogen and oxygen atoms in total. The average Bonchev–Trinajstić information content (AvgIpc) is 2.89. The van der Waals surface area contributed by atoms with Gasteiger partial charge < -0.3 is 10.0 Å². The Kier molecular flexibility index (Phi) is 4.59. The number of rotatable bonds is 5. The molecule has 1 aliphatic rings. The Hall–Kier alpha value is -1.09. The summed E-state index contributed by atoms with van der Waals surface area (Å²) in [7, 11) is 0. The molecule has 100 valence electrons. The molecule has 1 N–H and O–H groups in total. The van der Waals surface area contributed by atoms with E-state index in [9.17, 15) is 9.50 Å². The van der Waals surface area contributed by atoms with Gasteiger partial charge in [0.2, 0.25) is 0 Å². The van der Waals surface area contributed by atoms with Crippen molar-refractivity contribution in [3.63, 3.8) is 0 Å². The minimum Gasteiger partial charge on any atom is -0.391 e. The summed E-state index contributed by atoms with van der Waals surface area (Å²) in [6, 6.07) is 6.60. The van der Waals surface area contributed by atoms with E-state index in [1.165, 1.54) is 25.0 Å². The first kappa shape index (κ1) is 13.3. The molecule has 18 heavy (non-hydrogen) atoms. The lowest BCUT2D eigenvalue weighted by molar-refractivity contribution is 0.116. The topological polar surface area (TPSA) is 23.5 Å². The summed E-state index contributed by atoms with van der Waals surface area (Å²) in [5, 5.41) is 10.2. The predicted octanol–water partition coefficient (Wildman–Crippen LogP) is 3.20. The molecule has 0 radical (unpaired) electrons. The molecular weight excluding hydrogens is 229 g/mol. The molecule has 0 spiro atoms. The second-order valence-corrected chi connectivity index (χ2v) is 5.13. The summed E-state index contributed by atoms with van der Waals surface area (Å²) in [5.74, 6) is 0.203. The number of aliphatic hydroxyl groups is 1. The molecule has 0 aromatic heterocycles. The molecule has 1 atom stereocenters. The second-order valence-electron chi connectivity index (χ2n) is 5.13. The fourth-order valence-corrected chi connectivity index (χ4v) is 2.81. The van der Waals surface area contributed by atoms with E-state index in [1.54, 1.807) is 6.07 Å². The minimum atomic E-state index is -0.296. The molecule has 1 aromatic carbocycles. The van der Waals surface area contributed by atoms with Crippen molar-refractivity contribution in [2.45, 2.75) is 38.7 Å². The third-order valence-electron chi connectivity index (χ3n) is 3.91. The largest absolute Gasteiger partial charge is 0.391 e. The van der Waals surface area contributed by atoms with Crippen LogP contribution in [0.25, 0.3) is 0 Å². The van der Waals surface area contributed by atoms with E-state index in [0.29, 0.717) is 12.5 Å². The van der Waals surface area contributed by atoms with Gasteiger partial charge in [0.25, 0.3) is 0 Å². The van der Waals surface area contributed by atoms with Crippen LogP contribution in [0.5, 0.6) is 0 Å². The zero-order valence-corrected chi connectivity index (χ0v) is 11.0. The monoisotopic (exact) mass is 251 g/mol. The van der Waals surface area contributed by atoms with Gasteiger partial charge in [-0.3, -0.25) is 0 Å². The first-order valence-corrected chi connectivity index (χ1v) is 6.89. The van der Waals surface area contributed by atoms with E-state index in [0.717, 1.165) is 25.1 Å². The Balaban J connectivity index is 2.00. The van der Waals surface area contributed by atoms with Crippen molar-refractivity contribution in [3.05, 3.63) is 30.1 Å². The van der Waals surface area contributed by atoms with Gasteiger partial charge in [0.1, 0.15) is 5.82 Å². The highest BCUT2D eigenvalue weighted by Crippen LogP contribution is 2.28. The van der Waals surface area contributed by atoms with Crippen LogP contribution in [0.4, 0.5) is 10.1 Å². The Bertz CT molecular complexity index is 377. The SMILES string of the molecule is CCN(CC(O)C1CCCC1)c1cccc(F)c1. The third kappa shape index (κ3) is 3.22. The van der Waals surface area contributed by atoms with Gasteiger partial charge in [0, 0.05) is 18.8 Å². The Morgan fingerprint density at radius 1 is 1.39 bits per heavy atom. The average molecular weight is 251 g/mol. The van der Waals surface area contributed by atoms with E-state index in [2.05, 4.69) is 0 Å². The van der Waals surface area contributed by atoms with Gasteiger partial charge in [0.05, 0.1) is 6.10 Å². The Labute approximate surface area is 108 Å². The summed E-state index contributed by atoms with van der Waals surface area (Å²) in [5.41, 5.74) is 0.856. The number of nitrogens with zero attached hydrogens (tertiary/aromatic N) is 1. The number of aliphatic hydroxyl groups excluding tert-OH is 1. The molecule has 1 aromatic rings. The van der Waals surface area contributed by atoms with Crippen molar-refractivity contribution >= 4 is 5.69 Å². The van der Waals surface area contributed by atoms with Gasteiger partial charge in [-0.15, -0.1) is 0 Å². The lowest BCUT2D eigenvalue weighted by Gasteiger charge is -2.28. The van der Waals surface area contributed by atoms with Gasteiger partial charge >= 0.3 is 0 Å². The number of benzene rings is 1. The van der Waals surface area contributed by atoms with Crippen molar-refractivity contribution in [3.8, 4) is 0 Å². The van der Waals surface area contributed by atoms with E-state index < -0.39 is 0 Å². The maximum Gasteiger partial charge on any atom is 0.125 e. The maximum atomic E-state index is 13.2. The zero-order valence-electron chi connectivity index (χ0n) is 11.0. The highest BCUT2D eigenvalue weighted by atomic mass is 19.1. The molecule has 0 saturated heterocycles. The number of halogens is 1. The summed E-state index contributed by atoms with van der Waals surface area (Å²) < 4.78 is 13.2. The molecular formula is C15H22FNO. The van der Waals surface area contributed by atoms with Gasteiger partial charge in [-0.25, -0.2) is 4.39 Å². The van der Waals surface area contributed by atoms with Crippen LogP contribution in [-0.4, -0.2) is 24.3 Å². The summed E-state index contributed by atoms with van der Waals surface area (Å²) in [4.78, 5) is 2.05. The molecule has 1 aliphatic carbocycles. The van der Waals surface area contributed by atoms with Crippen molar-refractivity contribution < 1.29 is 9.50 Å². The molecule has 2 rings (SSSR count). The standard InChI is InChI=1S/C15H22FNO/c1-2-17(14-9-5-8-13(16)10-14)11-15(18)12-6-3-4-7-12/h5,8-10,12,15,18H,2-4,6-7,11H2,1H3. The van der Waals surface area contributed by atoms with Gasteiger partial charge in [-0.1, -0.05) is 18.9 Å². The molecule has 0 bridgehead atoms. The first-order chi connectivity index (χ1) is 8.70. The van der Waals surface area contributed by atoms with E-state index in [1.807, 2.05) is 17.9 Å². The predicted molar refractivity (Wildman–Crippen MR) is 72.3 cm³/mol. The van der Waals surface area contributed by atoms with Gasteiger partial charge in [-0.2, -0.15) is 0 Å². The van der Waals surface area contributed by atoms with E-state index in [4.69, 9.17) is 0 Å². The van der Waals surface area contributed by atoms with Crippen molar-refractivity contribution in [2.75, 3.05) is 18.0 Å². The first-order valence-electron chi connectivity index (χ1n) is 6.89. The van der Waals surface area contributed by atoms with E-state index in [-0.39, 0.29) is 11.9 Å². The van der Waals surface area contributed by atoms with Crippen LogP contribution in [0, 0.1) is 11.7 Å². The van der Waals surface area contributed by atoms with E-state index >= 15 is 0 Å². The fraction of sp³-hybridized carbons (Fsp3) is 0.600. The quantitative estimate of drug-likeness (QED) is 0.868. The van der Waals surface area contributed by atoms with Crippen LogP contribution < -0.4 is 4.90 Å². The van der Waals surface area contributed by atoms with Crippen LogP contribution in [0.2, 0.25) is 0 Å². The number of anilines is 1. The van der Waals surface area contributed by atoms with Crippen molar-refractivity contribution in [1.29, 1.82) is 0 Å². The maximum absolute atomic E-state index is 13.2.